The number of hydroxylamine groups is 1. The molecule has 36 heavy (non-hydrogen) atoms. The van der Waals surface area contributed by atoms with Gasteiger partial charge in [0.25, 0.3) is 0 Å². The second-order valence-electron chi connectivity index (χ2n) is 9.61. The zero-order valence-electron chi connectivity index (χ0n) is 20.6. The number of aromatic nitrogens is 1. The van der Waals surface area contributed by atoms with E-state index < -0.39 is 5.41 Å². The van der Waals surface area contributed by atoms with Crippen molar-refractivity contribution in [3.8, 4) is 5.75 Å². The number of carbonyl (C=O) groups excluding carboxylic acids is 1. The standard InChI is InChI=1S/C28H33ClFN3O3/c1-36-22-10-11-26-24(18-22)23(25(29)19-31-26)5-2-12-28(27(34)32-35)13-16-33(17-14-28)15-3-4-20-6-8-21(30)9-7-20/h6-11,18-19,35H,2-5,12-17H2,1H3,(H,32,34). The number of halogens is 2. The molecule has 6 nitrogen and oxygen atoms in total. The van der Waals surface area contributed by atoms with Crippen LogP contribution in [-0.4, -0.2) is 47.7 Å². The van der Waals surface area contributed by atoms with Gasteiger partial charge >= 0.3 is 0 Å². The van der Waals surface area contributed by atoms with Gasteiger partial charge in [-0.05, 0) is 106 Å². The van der Waals surface area contributed by atoms with E-state index in [4.69, 9.17) is 16.3 Å². The first-order chi connectivity index (χ1) is 17.4. The van der Waals surface area contributed by atoms with E-state index in [1.165, 1.54) is 12.1 Å². The summed E-state index contributed by atoms with van der Waals surface area (Å²) in [5, 5.41) is 11.0. The molecule has 4 rings (SSSR count). The molecule has 1 aliphatic rings. The lowest BCUT2D eigenvalue weighted by molar-refractivity contribution is -0.143. The molecule has 2 aromatic carbocycles. The highest BCUT2D eigenvalue weighted by Crippen LogP contribution is 2.38. The highest BCUT2D eigenvalue weighted by Gasteiger charge is 2.40. The van der Waals surface area contributed by atoms with Gasteiger partial charge in [0.15, 0.2) is 0 Å². The number of carbonyl (C=O) groups is 1. The Morgan fingerprint density at radius 3 is 2.61 bits per heavy atom. The Morgan fingerprint density at radius 2 is 1.92 bits per heavy atom. The van der Waals surface area contributed by atoms with E-state index in [0.29, 0.717) is 30.7 Å². The van der Waals surface area contributed by atoms with Crippen LogP contribution in [0.25, 0.3) is 10.9 Å². The van der Waals surface area contributed by atoms with E-state index in [1.54, 1.807) is 13.3 Å². The number of pyridine rings is 1. The average molecular weight is 514 g/mol. The maximum absolute atomic E-state index is 13.1. The molecular formula is C28H33ClFN3O3. The monoisotopic (exact) mass is 513 g/mol. The number of ether oxygens (including phenoxy) is 1. The van der Waals surface area contributed by atoms with Crippen LogP contribution in [0.15, 0.2) is 48.7 Å². The van der Waals surface area contributed by atoms with Crippen molar-refractivity contribution in [3.63, 3.8) is 0 Å². The summed E-state index contributed by atoms with van der Waals surface area (Å²) in [6.07, 6.45) is 7.04. The van der Waals surface area contributed by atoms with Crippen LogP contribution < -0.4 is 10.2 Å². The van der Waals surface area contributed by atoms with E-state index in [2.05, 4.69) is 9.88 Å². The summed E-state index contributed by atoms with van der Waals surface area (Å²) in [4.78, 5) is 19.6. The molecule has 0 unspecified atom stereocenters. The molecule has 3 aromatic rings. The number of nitrogens with one attached hydrogen (secondary N) is 1. The number of aryl methyl sites for hydroxylation is 2. The summed E-state index contributed by atoms with van der Waals surface area (Å²) in [7, 11) is 1.63. The van der Waals surface area contributed by atoms with Crippen LogP contribution in [0.5, 0.6) is 5.75 Å². The molecule has 0 saturated carbocycles. The minimum Gasteiger partial charge on any atom is -0.497 e. The Hall–Kier alpha value is -2.74. The van der Waals surface area contributed by atoms with Crippen molar-refractivity contribution in [3.05, 3.63) is 70.6 Å². The number of nitrogens with zero attached hydrogens (tertiary/aromatic N) is 2. The van der Waals surface area contributed by atoms with Gasteiger partial charge in [-0.15, -0.1) is 0 Å². The van der Waals surface area contributed by atoms with Crippen LogP contribution in [0, 0.1) is 11.2 Å². The summed E-state index contributed by atoms with van der Waals surface area (Å²) in [5.74, 6) is 0.226. The van der Waals surface area contributed by atoms with Crippen molar-refractivity contribution in [2.75, 3.05) is 26.7 Å². The number of amides is 1. The van der Waals surface area contributed by atoms with Gasteiger partial charge in [-0.25, -0.2) is 9.87 Å². The number of benzene rings is 2. The molecule has 2 N–H and O–H groups in total. The second-order valence-corrected chi connectivity index (χ2v) is 10.0. The van der Waals surface area contributed by atoms with Gasteiger partial charge in [0.2, 0.25) is 5.91 Å². The lowest BCUT2D eigenvalue weighted by atomic mass is 9.73. The first-order valence-corrected chi connectivity index (χ1v) is 12.8. The lowest BCUT2D eigenvalue weighted by Gasteiger charge is -2.40. The fourth-order valence-corrected chi connectivity index (χ4v) is 5.50. The number of likely N-dealkylation sites (tertiary alicyclic amines) is 1. The molecule has 2 heterocycles. The fraction of sp³-hybridized carbons (Fsp3) is 0.429. The first kappa shape index (κ1) is 26.3. The van der Waals surface area contributed by atoms with Gasteiger partial charge in [0.05, 0.1) is 23.1 Å². The molecule has 1 fully saturated rings. The predicted molar refractivity (Wildman–Crippen MR) is 139 cm³/mol. The number of hydrogen-bond donors (Lipinski definition) is 2. The molecule has 0 aliphatic carbocycles. The minimum atomic E-state index is -0.602. The Kier molecular flexibility index (Phi) is 8.77. The van der Waals surface area contributed by atoms with E-state index in [0.717, 1.165) is 66.7 Å². The third kappa shape index (κ3) is 6.14. The summed E-state index contributed by atoms with van der Waals surface area (Å²) >= 11 is 6.52. The van der Waals surface area contributed by atoms with Crippen LogP contribution in [-0.2, 0) is 17.6 Å². The summed E-state index contributed by atoms with van der Waals surface area (Å²) in [5.41, 5.74) is 4.30. The maximum atomic E-state index is 13.1. The highest BCUT2D eigenvalue weighted by atomic mass is 35.5. The summed E-state index contributed by atoms with van der Waals surface area (Å²) < 4.78 is 18.5. The van der Waals surface area contributed by atoms with Gasteiger partial charge in [-0.3, -0.25) is 15.0 Å². The van der Waals surface area contributed by atoms with Gasteiger partial charge in [0, 0.05) is 11.6 Å². The van der Waals surface area contributed by atoms with Crippen molar-refractivity contribution in [1.82, 2.24) is 15.4 Å². The zero-order chi connectivity index (χ0) is 25.5. The fourth-order valence-electron chi connectivity index (χ4n) is 5.26. The van der Waals surface area contributed by atoms with Crippen LogP contribution in [0.2, 0.25) is 5.02 Å². The number of fused-ring (bicyclic) bond motifs is 1. The second kappa shape index (κ2) is 12.0. The van der Waals surface area contributed by atoms with Crippen molar-refractivity contribution >= 4 is 28.4 Å². The maximum Gasteiger partial charge on any atom is 0.249 e. The van der Waals surface area contributed by atoms with E-state index in [-0.39, 0.29) is 11.7 Å². The SMILES string of the molecule is COc1ccc2ncc(Cl)c(CCCC3(C(=O)NO)CCN(CCCc4ccc(F)cc4)CC3)c2c1. The van der Waals surface area contributed by atoms with Gasteiger partial charge in [0.1, 0.15) is 11.6 Å². The molecule has 0 bridgehead atoms. The van der Waals surface area contributed by atoms with Crippen LogP contribution >= 0.6 is 11.6 Å². The van der Waals surface area contributed by atoms with Crippen LogP contribution in [0.3, 0.4) is 0 Å². The summed E-state index contributed by atoms with van der Waals surface area (Å²) in [6, 6.07) is 12.4. The number of hydrogen-bond acceptors (Lipinski definition) is 5. The molecule has 0 atom stereocenters. The smallest absolute Gasteiger partial charge is 0.249 e. The Balaban J connectivity index is 1.35. The Bertz CT molecular complexity index is 1180. The van der Waals surface area contributed by atoms with E-state index in [1.807, 2.05) is 35.8 Å². The quantitative estimate of drug-likeness (QED) is 0.273. The molecule has 1 aromatic heterocycles. The molecule has 1 amide bonds. The van der Waals surface area contributed by atoms with Crippen molar-refractivity contribution in [2.45, 2.75) is 44.9 Å². The third-order valence-corrected chi connectivity index (χ3v) is 7.79. The van der Waals surface area contributed by atoms with E-state index >= 15 is 0 Å². The van der Waals surface area contributed by atoms with Crippen molar-refractivity contribution < 1.29 is 19.1 Å². The molecule has 0 spiro atoms. The molecular weight excluding hydrogens is 481 g/mol. The van der Waals surface area contributed by atoms with Gasteiger partial charge in [-0.1, -0.05) is 23.7 Å². The number of piperidine rings is 1. The van der Waals surface area contributed by atoms with Gasteiger partial charge in [-0.2, -0.15) is 0 Å². The van der Waals surface area contributed by atoms with Crippen LogP contribution in [0.1, 0.15) is 43.2 Å². The first-order valence-electron chi connectivity index (χ1n) is 12.5. The zero-order valence-corrected chi connectivity index (χ0v) is 21.4. The molecule has 0 radical (unpaired) electrons. The number of methoxy groups -OCH3 is 1. The Morgan fingerprint density at radius 1 is 1.17 bits per heavy atom. The van der Waals surface area contributed by atoms with E-state index in [9.17, 15) is 14.4 Å². The summed E-state index contributed by atoms with van der Waals surface area (Å²) in [6.45, 7) is 2.52. The topological polar surface area (TPSA) is 74.7 Å². The normalized spacial score (nSPS) is 15.7. The molecule has 192 valence electrons. The van der Waals surface area contributed by atoms with Crippen LogP contribution in [0.4, 0.5) is 4.39 Å². The Labute approximate surface area is 216 Å². The minimum absolute atomic E-state index is 0.215. The average Bonchev–Trinajstić information content (AvgIpc) is 2.91. The number of rotatable bonds is 10. The highest BCUT2D eigenvalue weighted by molar-refractivity contribution is 6.32. The van der Waals surface area contributed by atoms with Crippen molar-refractivity contribution in [2.24, 2.45) is 5.41 Å². The largest absolute Gasteiger partial charge is 0.497 e. The molecule has 1 aliphatic heterocycles. The molecule has 8 heteroatoms. The predicted octanol–water partition coefficient (Wildman–Crippen LogP) is 5.58. The van der Waals surface area contributed by atoms with Gasteiger partial charge < -0.3 is 9.64 Å². The third-order valence-electron chi connectivity index (χ3n) is 7.47. The lowest BCUT2D eigenvalue weighted by Crippen LogP contribution is -2.48. The molecule has 1 saturated heterocycles. The van der Waals surface area contributed by atoms with Crippen molar-refractivity contribution in [1.29, 1.82) is 0 Å².